The maximum absolute atomic E-state index is 12.3. The van der Waals surface area contributed by atoms with Crippen molar-refractivity contribution in [2.24, 2.45) is 5.92 Å². The Balaban J connectivity index is 2.89. The molecule has 0 saturated carbocycles. The van der Waals surface area contributed by atoms with Crippen LogP contribution in [0.25, 0.3) is 0 Å². The van der Waals surface area contributed by atoms with E-state index in [1.807, 2.05) is 6.07 Å². The van der Waals surface area contributed by atoms with Gasteiger partial charge in [0.2, 0.25) is 0 Å². The van der Waals surface area contributed by atoms with Gasteiger partial charge in [0.1, 0.15) is 0 Å². The average molecular weight is 325 g/mol. The van der Waals surface area contributed by atoms with Crippen molar-refractivity contribution < 1.29 is 9.90 Å². The van der Waals surface area contributed by atoms with Crippen LogP contribution >= 0.6 is 11.6 Å². The quantitative estimate of drug-likeness (QED) is 0.642. The van der Waals surface area contributed by atoms with Crippen molar-refractivity contribution in [3.05, 3.63) is 41.4 Å². The second kappa shape index (κ2) is 8.81. The first kappa shape index (κ1) is 18.5. The zero-order valence-electron chi connectivity index (χ0n) is 13.4. The van der Waals surface area contributed by atoms with Gasteiger partial charge in [0, 0.05) is 11.7 Å². The molecule has 2 atom stereocenters. The fourth-order valence-electron chi connectivity index (χ4n) is 1.86. The molecule has 0 aromatic heterocycles. The second-order valence-corrected chi connectivity index (χ2v) is 6.16. The molecule has 0 heterocycles. The maximum atomic E-state index is 12.3. The number of nitrogens with one attached hydrogen (secondary N) is 2. The number of carbonyl (C=O) groups excluding carboxylic acids is 1. The Labute approximate surface area is 137 Å². The van der Waals surface area contributed by atoms with E-state index in [9.17, 15) is 9.90 Å². The molecule has 4 nitrogen and oxygen atoms in total. The number of benzene rings is 1. The Morgan fingerprint density at radius 1 is 1.41 bits per heavy atom. The lowest BCUT2D eigenvalue weighted by Crippen LogP contribution is -2.37. The maximum Gasteiger partial charge on any atom is 0.253 e. The van der Waals surface area contributed by atoms with Gasteiger partial charge in [-0.1, -0.05) is 31.5 Å². The molecule has 1 rings (SSSR count). The molecule has 0 spiro atoms. The molecule has 0 bridgehead atoms. The molecule has 0 fully saturated rings. The lowest BCUT2D eigenvalue weighted by molar-refractivity contribution is 0.0917. The molecular weight excluding hydrogens is 300 g/mol. The highest BCUT2D eigenvalue weighted by Gasteiger charge is 2.16. The van der Waals surface area contributed by atoms with E-state index in [1.54, 1.807) is 18.2 Å². The lowest BCUT2D eigenvalue weighted by atomic mass is 10.1. The van der Waals surface area contributed by atoms with Crippen LogP contribution in [0.2, 0.25) is 5.02 Å². The van der Waals surface area contributed by atoms with Gasteiger partial charge in [-0.25, -0.2) is 0 Å². The van der Waals surface area contributed by atoms with Gasteiger partial charge < -0.3 is 15.7 Å². The molecule has 3 N–H and O–H groups in total. The fraction of sp³-hybridized carbons (Fsp3) is 0.471. The fourth-order valence-corrected chi connectivity index (χ4v) is 2.07. The normalized spacial score (nSPS) is 13.5. The molecule has 0 radical (unpaired) electrons. The third-order valence-corrected chi connectivity index (χ3v) is 3.94. The molecule has 0 unspecified atom stereocenters. The number of aliphatic hydroxyl groups is 1. The second-order valence-electron chi connectivity index (χ2n) is 5.75. The van der Waals surface area contributed by atoms with E-state index >= 15 is 0 Å². The van der Waals surface area contributed by atoms with E-state index < -0.39 is 0 Å². The van der Waals surface area contributed by atoms with Crippen molar-refractivity contribution >= 4 is 23.2 Å². The highest BCUT2D eigenvalue weighted by Crippen LogP contribution is 2.22. The van der Waals surface area contributed by atoms with Crippen molar-refractivity contribution in [3.8, 4) is 0 Å². The summed E-state index contributed by atoms with van der Waals surface area (Å²) in [5.74, 6) is 0.172. The number of hydrogen-bond donors (Lipinski definition) is 3. The van der Waals surface area contributed by atoms with Crippen LogP contribution < -0.4 is 10.6 Å². The summed E-state index contributed by atoms with van der Waals surface area (Å²) >= 11 is 6.12. The minimum absolute atomic E-state index is 0.141. The predicted octanol–water partition coefficient (Wildman–Crippen LogP) is 3.46. The number of carbonyl (C=O) groups is 1. The lowest BCUT2D eigenvalue weighted by Gasteiger charge is -2.20. The minimum atomic E-state index is -0.354. The SMILES string of the molecule is C=CC[C@H](CO)NC(=O)c1cc(N[C@@H](C)C(C)C)ccc1Cl. The van der Waals surface area contributed by atoms with Crippen LogP contribution in [-0.4, -0.2) is 29.7 Å². The summed E-state index contributed by atoms with van der Waals surface area (Å²) in [4.78, 5) is 12.3. The molecule has 1 amide bonds. The summed E-state index contributed by atoms with van der Waals surface area (Å²) in [6.45, 7) is 9.81. The van der Waals surface area contributed by atoms with Gasteiger partial charge in [-0.3, -0.25) is 4.79 Å². The molecular formula is C17H25ClN2O2. The topological polar surface area (TPSA) is 61.4 Å². The van der Waals surface area contributed by atoms with E-state index in [2.05, 4.69) is 38.0 Å². The predicted molar refractivity (Wildman–Crippen MR) is 92.5 cm³/mol. The molecule has 0 saturated heterocycles. The summed E-state index contributed by atoms with van der Waals surface area (Å²) in [7, 11) is 0. The summed E-state index contributed by atoms with van der Waals surface area (Å²) < 4.78 is 0. The van der Waals surface area contributed by atoms with Gasteiger partial charge in [-0.05, 0) is 37.5 Å². The number of halogens is 1. The molecule has 5 heteroatoms. The van der Waals surface area contributed by atoms with E-state index in [1.165, 1.54) is 0 Å². The van der Waals surface area contributed by atoms with Crippen LogP contribution in [0.1, 0.15) is 37.6 Å². The monoisotopic (exact) mass is 324 g/mol. The summed E-state index contributed by atoms with van der Waals surface area (Å²) in [5, 5.41) is 15.7. The summed E-state index contributed by atoms with van der Waals surface area (Å²) in [6.07, 6.45) is 2.16. The first-order chi connectivity index (χ1) is 10.4. The molecule has 1 aromatic carbocycles. The smallest absolute Gasteiger partial charge is 0.253 e. The third kappa shape index (κ3) is 5.35. The van der Waals surface area contributed by atoms with Gasteiger partial charge in [0.05, 0.1) is 23.2 Å². The number of rotatable bonds is 8. The Kier molecular flexibility index (Phi) is 7.42. The zero-order valence-corrected chi connectivity index (χ0v) is 14.2. The summed E-state index contributed by atoms with van der Waals surface area (Å²) in [5.41, 5.74) is 1.24. The number of amides is 1. The van der Waals surface area contributed by atoms with Crippen molar-refractivity contribution in [2.45, 2.75) is 39.3 Å². The molecule has 122 valence electrons. The van der Waals surface area contributed by atoms with E-state index in [-0.39, 0.29) is 24.6 Å². The first-order valence-electron chi connectivity index (χ1n) is 7.47. The van der Waals surface area contributed by atoms with Crippen LogP contribution in [0.15, 0.2) is 30.9 Å². The van der Waals surface area contributed by atoms with Crippen LogP contribution in [0, 0.1) is 5.92 Å². The standard InChI is InChI=1S/C17H25ClN2O2/c1-5-6-14(10-21)20-17(22)15-9-13(7-8-16(15)18)19-12(4)11(2)3/h5,7-9,11-12,14,19,21H,1,6,10H2,2-4H3,(H,20,22)/t12-,14+/m0/s1. The Hall–Kier alpha value is -1.52. The van der Waals surface area contributed by atoms with Crippen LogP contribution in [0.3, 0.4) is 0 Å². The molecule has 0 aliphatic rings. The van der Waals surface area contributed by atoms with Gasteiger partial charge in [0.25, 0.3) is 5.91 Å². The van der Waals surface area contributed by atoms with Gasteiger partial charge in [-0.15, -0.1) is 6.58 Å². The van der Waals surface area contributed by atoms with Crippen LogP contribution in [-0.2, 0) is 0 Å². The number of anilines is 1. The summed E-state index contributed by atoms with van der Waals surface area (Å²) in [6, 6.07) is 5.22. The van der Waals surface area contributed by atoms with E-state index in [4.69, 9.17) is 11.6 Å². The number of aliphatic hydroxyl groups excluding tert-OH is 1. The highest BCUT2D eigenvalue weighted by atomic mass is 35.5. The molecule has 1 aromatic rings. The Bertz CT molecular complexity index is 517. The van der Waals surface area contributed by atoms with Crippen molar-refractivity contribution in [2.75, 3.05) is 11.9 Å². The van der Waals surface area contributed by atoms with Crippen molar-refractivity contribution in [1.29, 1.82) is 0 Å². The van der Waals surface area contributed by atoms with Crippen molar-refractivity contribution in [1.82, 2.24) is 5.32 Å². The molecule has 0 aliphatic carbocycles. The largest absolute Gasteiger partial charge is 0.394 e. The Morgan fingerprint density at radius 3 is 2.64 bits per heavy atom. The van der Waals surface area contributed by atoms with Gasteiger partial charge in [0.15, 0.2) is 0 Å². The molecule has 22 heavy (non-hydrogen) atoms. The van der Waals surface area contributed by atoms with E-state index in [0.29, 0.717) is 22.9 Å². The highest BCUT2D eigenvalue weighted by molar-refractivity contribution is 6.34. The van der Waals surface area contributed by atoms with E-state index in [0.717, 1.165) is 5.69 Å². The van der Waals surface area contributed by atoms with Gasteiger partial charge >= 0.3 is 0 Å². The minimum Gasteiger partial charge on any atom is -0.394 e. The molecule has 0 aliphatic heterocycles. The zero-order chi connectivity index (χ0) is 16.7. The Morgan fingerprint density at radius 2 is 2.09 bits per heavy atom. The average Bonchev–Trinajstić information content (AvgIpc) is 2.48. The third-order valence-electron chi connectivity index (χ3n) is 3.61. The van der Waals surface area contributed by atoms with Crippen LogP contribution in [0.4, 0.5) is 5.69 Å². The van der Waals surface area contributed by atoms with Gasteiger partial charge in [-0.2, -0.15) is 0 Å². The van der Waals surface area contributed by atoms with Crippen LogP contribution in [0.5, 0.6) is 0 Å². The first-order valence-corrected chi connectivity index (χ1v) is 7.85. The van der Waals surface area contributed by atoms with Crippen molar-refractivity contribution in [3.63, 3.8) is 0 Å². The number of hydrogen-bond acceptors (Lipinski definition) is 3.